The molecule has 140 valence electrons. The maximum atomic E-state index is 11.9. The SMILES string of the molecule is CCCCCCCC[C@@H]1[C@@H](CCC(=O)CCCC(=O)O)CC[C@H]1O. The van der Waals surface area contributed by atoms with E-state index in [9.17, 15) is 14.7 Å². The number of hydrogen-bond acceptors (Lipinski definition) is 3. The Morgan fingerprint density at radius 2 is 1.58 bits per heavy atom. The van der Waals surface area contributed by atoms with E-state index >= 15 is 0 Å². The van der Waals surface area contributed by atoms with Crippen LogP contribution in [0.5, 0.6) is 0 Å². The second-order valence-electron chi connectivity index (χ2n) is 7.45. The molecule has 0 aliphatic heterocycles. The molecule has 1 aliphatic carbocycles. The van der Waals surface area contributed by atoms with Crippen molar-refractivity contribution in [1.82, 2.24) is 0 Å². The maximum Gasteiger partial charge on any atom is 0.303 e. The summed E-state index contributed by atoms with van der Waals surface area (Å²) in [4.78, 5) is 22.3. The lowest BCUT2D eigenvalue weighted by atomic mass is 9.85. The van der Waals surface area contributed by atoms with Crippen molar-refractivity contribution < 1.29 is 19.8 Å². The van der Waals surface area contributed by atoms with Crippen LogP contribution in [0.3, 0.4) is 0 Å². The normalized spacial score (nSPS) is 23.5. The van der Waals surface area contributed by atoms with Gasteiger partial charge in [0.05, 0.1) is 6.10 Å². The Morgan fingerprint density at radius 3 is 2.29 bits per heavy atom. The van der Waals surface area contributed by atoms with Crippen LogP contribution in [0, 0.1) is 11.8 Å². The Balaban J connectivity index is 2.20. The van der Waals surface area contributed by atoms with Crippen LogP contribution in [0.15, 0.2) is 0 Å². The van der Waals surface area contributed by atoms with Crippen LogP contribution in [-0.2, 0) is 9.59 Å². The van der Waals surface area contributed by atoms with Crippen LogP contribution in [0.4, 0.5) is 0 Å². The van der Waals surface area contributed by atoms with E-state index in [1.807, 2.05) is 0 Å². The van der Waals surface area contributed by atoms with Gasteiger partial charge < -0.3 is 10.2 Å². The average molecular weight is 341 g/mol. The molecule has 1 rings (SSSR count). The van der Waals surface area contributed by atoms with Crippen molar-refractivity contribution in [3.8, 4) is 0 Å². The van der Waals surface area contributed by atoms with Gasteiger partial charge in [0.2, 0.25) is 0 Å². The zero-order chi connectivity index (χ0) is 17.8. The fourth-order valence-corrected chi connectivity index (χ4v) is 3.98. The van der Waals surface area contributed by atoms with Crippen molar-refractivity contribution >= 4 is 11.8 Å². The van der Waals surface area contributed by atoms with E-state index in [-0.39, 0.29) is 18.3 Å². The molecule has 4 nitrogen and oxygen atoms in total. The van der Waals surface area contributed by atoms with Gasteiger partial charge >= 0.3 is 5.97 Å². The van der Waals surface area contributed by atoms with Gasteiger partial charge in [-0.15, -0.1) is 0 Å². The highest BCUT2D eigenvalue weighted by atomic mass is 16.4. The minimum atomic E-state index is -0.833. The zero-order valence-corrected chi connectivity index (χ0v) is 15.3. The van der Waals surface area contributed by atoms with Crippen LogP contribution in [0.1, 0.15) is 96.8 Å². The summed E-state index contributed by atoms with van der Waals surface area (Å²) in [5.74, 6) is 0.179. The molecule has 0 amide bonds. The number of aliphatic carboxylic acids is 1. The molecular weight excluding hydrogens is 304 g/mol. The molecular formula is C20H36O4. The Labute approximate surface area is 147 Å². The standard InChI is InChI=1S/C20H36O4/c1-2-3-4-5-6-7-10-18-16(13-15-19(18)22)12-14-17(21)9-8-11-20(23)24/h16,18-19,22H,2-15H2,1H3,(H,23,24)/t16-,18+,19+/m0/s1. The first-order valence-electron chi connectivity index (χ1n) is 9.96. The van der Waals surface area contributed by atoms with Crippen molar-refractivity contribution in [2.75, 3.05) is 0 Å². The number of rotatable bonds is 14. The van der Waals surface area contributed by atoms with Crippen molar-refractivity contribution in [1.29, 1.82) is 0 Å². The molecule has 0 saturated heterocycles. The van der Waals surface area contributed by atoms with E-state index in [2.05, 4.69) is 6.92 Å². The van der Waals surface area contributed by atoms with Gasteiger partial charge in [-0.1, -0.05) is 45.4 Å². The highest BCUT2D eigenvalue weighted by Gasteiger charge is 2.34. The largest absolute Gasteiger partial charge is 0.481 e. The van der Waals surface area contributed by atoms with E-state index in [4.69, 9.17) is 5.11 Å². The van der Waals surface area contributed by atoms with Gasteiger partial charge in [0.15, 0.2) is 0 Å². The van der Waals surface area contributed by atoms with Crippen LogP contribution in [0.25, 0.3) is 0 Å². The second kappa shape index (κ2) is 12.5. The lowest BCUT2D eigenvalue weighted by Gasteiger charge is -2.22. The van der Waals surface area contributed by atoms with Gasteiger partial charge in [-0.05, 0) is 43.9 Å². The number of hydrogen-bond donors (Lipinski definition) is 2. The summed E-state index contributed by atoms with van der Waals surface area (Å²) in [5.41, 5.74) is 0. The molecule has 1 fully saturated rings. The molecule has 4 heteroatoms. The highest BCUT2D eigenvalue weighted by molar-refractivity contribution is 5.79. The summed E-state index contributed by atoms with van der Waals surface area (Å²) in [6.45, 7) is 2.22. The number of carboxylic acid groups (broad SMARTS) is 1. The fourth-order valence-electron chi connectivity index (χ4n) is 3.98. The van der Waals surface area contributed by atoms with Gasteiger partial charge in [-0.2, -0.15) is 0 Å². The number of carbonyl (C=O) groups is 2. The summed E-state index contributed by atoms with van der Waals surface area (Å²) in [6.07, 6.45) is 12.8. The summed E-state index contributed by atoms with van der Waals surface area (Å²) in [5, 5.41) is 18.8. The number of unbranched alkanes of at least 4 members (excludes halogenated alkanes) is 5. The number of ketones is 1. The Kier molecular flexibility index (Phi) is 11.0. The molecule has 3 atom stereocenters. The Morgan fingerprint density at radius 1 is 0.875 bits per heavy atom. The molecule has 0 spiro atoms. The summed E-state index contributed by atoms with van der Waals surface area (Å²) >= 11 is 0. The molecule has 0 aromatic carbocycles. The average Bonchev–Trinajstić information content (AvgIpc) is 2.89. The molecule has 0 bridgehead atoms. The Hall–Kier alpha value is -0.900. The van der Waals surface area contributed by atoms with Crippen molar-refractivity contribution in [3.63, 3.8) is 0 Å². The topological polar surface area (TPSA) is 74.6 Å². The van der Waals surface area contributed by atoms with Gasteiger partial charge in [0.25, 0.3) is 0 Å². The number of carbonyl (C=O) groups excluding carboxylic acids is 1. The number of carboxylic acids is 1. The monoisotopic (exact) mass is 340 g/mol. The van der Waals surface area contributed by atoms with Crippen LogP contribution < -0.4 is 0 Å². The predicted octanol–water partition coefficient (Wildman–Crippen LogP) is 4.73. The molecule has 0 aromatic heterocycles. The highest BCUT2D eigenvalue weighted by Crippen LogP contribution is 2.38. The molecule has 1 aliphatic rings. The molecule has 0 radical (unpaired) electrons. The summed E-state index contributed by atoms with van der Waals surface area (Å²) < 4.78 is 0. The van der Waals surface area contributed by atoms with E-state index in [0.717, 1.165) is 25.7 Å². The predicted molar refractivity (Wildman–Crippen MR) is 95.9 cm³/mol. The van der Waals surface area contributed by atoms with Crippen molar-refractivity contribution in [2.45, 2.75) is 103 Å². The third-order valence-electron chi connectivity index (χ3n) is 5.46. The minimum absolute atomic E-state index is 0.0779. The fraction of sp³-hybridized carbons (Fsp3) is 0.900. The van der Waals surface area contributed by atoms with E-state index in [1.54, 1.807) is 0 Å². The first-order chi connectivity index (χ1) is 11.5. The van der Waals surface area contributed by atoms with Gasteiger partial charge in [0, 0.05) is 19.3 Å². The van der Waals surface area contributed by atoms with Gasteiger partial charge in [0.1, 0.15) is 5.78 Å². The summed E-state index contributed by atoms with van der Waals surface area (Å²) in [7, 11) is 0. The summed E-state index contributed by atoms with van der Waals surface area (Å²) in [6, 6.07) is 0. The molecule has 24 heavy (non-hydrogen) atoms. The van der Waals surface area contributed by atoms with Gasteiger partial charge in [-0.3, -0.25) is 9.59 Å². The van der Waals surface area contributed by atoms with Crippen LogP contribution >= 0.6 is 0 Å². The van der Waals surface area contributed by atoms with Gasteiger partial charge in [-0.25, -0.2) is 0 Å². The van der Waals surface area contributed by atoms with E-state index in [1.165, 1.54) is 38.5 Å². The Bertz CT molecular complexity index is 367. The maximum absolute atomic E-state index is 11.9. The quantitative estimate of drug-likeness (QED) is 0.448. The lowest BCUT2D eigenvalue weighted by Crippen LogP contribution is -2.20. The molecule has 0 unspecified atom stereocenters. The third-order valence-corrected chi connectivity index (χ3v) is 5.46. The number of aliphatic hydroxyl groups is 1. The number of Topliss-reactive ketones (excluding diaryl/α,β-unsaturated/α-hetero) is 1. The van der Waals surface area contributed by atoms with Crippen molar-refractivity contribution in [3.05, 3.63) is 0 Å². The molecule has 0 heterocycles. The van der Waals surface area contributed by atoms with E-state index < -0.39 is 5.97 Å². The molecule has 2 N–H and O–H groups in total. The van der Waals surface area contributed by atoms with Crippen molar-refractivity contribution in [2.24, 2.45) is 11.8 Å². The van der Waals surface area contributed by atoms with E-state index in [0.29, 0.717) is 31.1 Å². The molecule has 1 saturated carbocycles. The lowest BCUT2D eigenvalue weighted by molar-refractivity contribution is -0.137. The third kappa shape index (κ3) is 8.81. The number of aliphatic hydroxyl groups excluding tert-OH is 1. The van der Waals surface area contributed by atoms with Crippen LogP contribution in [-0.4, -0.2) is 28.1 Å². The van der Waals surface area contributed by atoms with Crippen LogP contribution in [0.2, 0.25) is 0 Å². The molecule has 0 aromatic rings. The minimum Gasteiger partial charge on any atom is -0.481 e. The smallest absolute Gasteiger partial charge is 0.303 e. The second-order valence-corrected chi connectivity index (χ2v) is 7.45. The zero-order valence-electron chi connectivity index (χ0n) is 15.3. The first kappa shape index (κ1) is 21.1. The first-order valence-corrected chi connectivity index (χ1v) is 9.96.